The van der Waals surface area contributed by atoms with E-state index in [4.69, 9.17) is 4.98 Å². The summed E-state index contributed by atoms with van der Waals surface area (Å²) in [5.74, 6) is 1.28. The number of imidazole rings is 1. The van der Waals surface area contributed by atoms with E-state index < -0.39 is 5.41 Å². The number of pyridine rings is 1. The number of aromatic nitrogens is 4. The summed E-state index contributed by atoms with van der Waals surface area (Å²) in [5.41, 5.74) is 14.0. The van der Waals surface area contributed by atoms with Gasteiger partial charge in [0.15, 0.2) is 17.4 Å². The second-order valence-electron chi connectivity index (χ2n) is 15.1. The van der Waals surface area contributed by atoms with Gasteiger partial charge in [-0.25, -0.2) is 9.55 Å². The fourth-order valence-corrected chi connectivity index (χ4v) is 9.14. The van der Waals surface area contributed by atoms with Gasteiger partial charge in [0.25, 0.3) is 0 Å². The molecule has 0 amide bonds. The van der Waals surface area contributed by atoms with Crippen molar-refractivity contribution < 1.29 is 21.1 Å². The Kier molecular flexibility index (Phi) is 8.43. The van der Waals surface area contributed by atoms with Crippen molar-refractivity contribution in [2.45, 2.75) is 25.2 Å². The SMILES string of the molecule is CC(C)c1ccnc(-n2c3[c-]c(C4(c5[c-]c(-n6[cH+]n(-c7ccccc7)c7ccccc76)ccc5)c5ccccc5-c5ccccc54)ccc3c3ccccc32)c1.[Pt]. The molecular weight excluding hydrogens is 876 g/mol. The number of para-hydroxylation sites is 4. The van der Waals surface area contributed by atoms with Gasteiger partial charge in [-0.05, 0) is 69.5 Å². The molecule has 0 bridgehead atoms. The summed E-state index contributed by atoms with van der Waals surface area (Å²) >= 11 is 0. The topological polar surface area (TPSA) is 27.7 Å². The van der Waals surface area contributed by atoms with Gasteiger partial charge < -0.3 is 4.57 Å². The molecule has 7 aromatic carbocycles. The van der Waals surface area contributed by atoms with E-state index in [1.807, 2.05) is 6.20 Å². The Morgan fingerprint density at radius 2 is 1.19 bits per heavy atom. The molecule has 3 aromatic heterocycles. The van der Waals surface area contributed by atoms with Crippen molar-refractivity contribution in [1.82, 2.24) is 18.7 Å². The number of rotatable bonds is 6. The zero-order chi connectivity index (χ0) is 37.4. The van der Waals surface area contributed by atoms with E-state index in [1.165, 1.54) is 33.2 Å². The molecule has 0 saturated heterocycles. The maximum atomic E-state index is 4.97. The van der Waals surface area contributed by atoms with E-state index in [0.717, 1.165) is 55.8 Å². The van der Waals surface area contributed by atoms with Crippen LogP contribution < -0.4 is 0 Å². The summed E-state index contributed by atoms with van der Waals surface area (Å²) < 4.78 is 6.83. The Bertz CT molecular complexity index is 3090. The molecule has 0 aliphatic heterocycles. The van der Waals surface area contributed by atoms with Gasteiger partial charge >= 0.3 is 0 Å². The summed E-state index contributed by atoms with van der Waals surface area (Å²) in [6, 6.07) is 69.2. The molecule has 3 heterocycles. The van der Waals surface area contributed by atoms with Crippen molar-refractivity contribution in [3.8, 4) is 28.3 Å². The smallest absolute Gasteiger partial charge is 0.168 e. The normalized spacial score (nSPS) is 12.9. The molecule has 0 N–H and O–H groups in total. The Labute approximate surface area is 346 Å². The van der Waals surface area contributed by atoms with Crippen LogP contribution in [0.15, 0.2) is 182 Å². The Morgan fingerprint density at radius 1 is 0.561 bits per heavy atom. The predicted molar refractivity (Wildman–Crippen MR) is 228 cm³/mol. The molecule has 57 heavy (non-hydrogen) atoms. The monoisotopic (exact) mass is 912 g/mol. The maximum absolute atomic E-state index is 4.97. The maximum Gasteiger partial charge on any atom is 0.168 e. The molecule has 11 rings (SSSR count). The minimum Gasteiger partial charge on any atom is -0.319 e. The van der Waals surface area contributed by atoms with Crippen LogP contribution in [-0.4, -0.2) is 18.7 Å². The molecule has 4 nitrogen and oxygen atoms in total. The third-order valence-corrected chi connectivity index (χ3v) is 11.7. The van der Waals surface area contributed by atoms with Crippen molar-refractivity contribution in [3.05, 3.63) is 222 Å². The van der Waals surface area contributed by atoms with E-state index in [1.54, 1.807) is 0 Å². The largest absolute Gasteiger partial charge is 0.319 e. The van der Waals surface area contributed by atoms with Gasteiger partial charge in [-0.3, -0.25) is 0 Å². The molecule has 0 spiro atoms. The molecule has 276 valence electrons. The van der Waals surface area contributed by atoms with Gasteiger partial charge in [0, 0.05) is 56.0 Å². The minimum atomic E-state index is -0.704. The van der Waals surface area contributed by atoms with Gasteiger partial charge in [0.05, 0.1) is 0 Å². The summed E-state index contributed by atoms with van der Waals surface area (Å²) in [6.07, 6.45) is 4.13. The first kappa shape index (κ1) is 35.1. The average molecular weight is 913 g/mol. The van der Waals surface area contributed by atoms with Gasteiger partial charge in [-0.1, -0.05) is 116 Å². The number of fused-ring (bicyclic) bond motifs is 7. The first-order chi connectivity index (χ1) is 27.6. The standard InChI is InChI=1S/C52H37N4.Pt/c1-35(2)36-29-30-53-51(31-36)56-47-24-11-8-21-43(47)44-28-27-38(33-50(44)56)52(45-22-9-6-19-41(45)42-20-7-10-23-46(42)52)37-15-14-18-40(32-37)55-34-54(39-16-4-3-5-17-39)48-25-12-13-26-49(48)55;/h3-31,34-35H,1-2H3;/q-1;. The summed E-state index contributed by atoms with van der Waals surface area (Å²) in [4.78, 5) is 4.97. The molecule has 0 atom stereocenters. The van der Waals surface area contributed by atoms with Crippen molar-refractivity contribution >= 4 is 32.8 Å². The molecule has 0 unspecified atom stereocenters. The zero-order valence-corrected chi connectivity index (χ0v) is 33.8. The number of nitrogens with zero attached hydrogens (tertiary/aromatic N) is 4. The number of hydrogen-bond acceptors (Lipinski definition) is 1. The van der Waals surface area contributed by atoms with E-state index >= 15 is 0 Å². The van der Waals surface area contributed by atoms with Crippen LogP contribution in [0.5, 0.6) is 0 Å². The van der Waals surface area contributed by atoms with E-state index in [9.17, 15) is 0 Å². The first-order valence-electron chi connectivity index (χ1n) is 19.3. The van der Waals surface area contributed by atoms with Crippen LogP contribution in [0.2, 0.25) is 0 Å². The fraction of sp³-hybridized carbons (Fsp3) is 0.0769. The quantitative estimate of drug-likeness (QED) is 0.153. The number of hydrogen-bond donors (Lipinski definition) is 0. The second kappa shape index (κ2) is 13.7. The van der Waals surface area contributed by atoms with Crippen LogP contribution in [0, 0.1) is 12.1 Å². The van der Waals surface area contributed by atoms with Gasteiger partial charge in [-0.2, -0.15) is 34.9 Å². The van der Waals surface area contributed by atoms with Gasteiger partial charge in [-0.15, -0.1) is 28.6 Å². The Balaban J connectivity index is 0.00000396. The summed E-state index contributed by atoms with van der Waals surface area (Å²) in [5, 5.41) is 2.33. The van der Waals surface area contributed by atoms with Crippen LogP contribution >= 0.6 is 0 Å². The van der Waals surface area contributed by atoms with Crippen molar-refractivity contribution in [2.75, 3.05) is 0 Å². The minimum absolute atomic E-state index is 0. The number of benzene rings is 7. The van der Waals surface area contributed by atoms with Crippen LogP contribution in [0.3, 0.4) is 0 Å². The molecule has 5 heteroatoms. The molecule has 1 aliphatic rings. The molecule has 0 fully saturated rings. The van der Waals surface area contributed by atoms with Crippen LogP contribution in [-0.2, 0) is 26.5 Å². The molecular formula is C52H37N4Pt-. The molecule has 10 aromatic rings. The average Bonchev–Trinajstić information content (AvgIpc) is 3.91. The predicted octanol–water partition coefficient (Wildman–Crippen LogP) is 12.3. The van der Waals surface area contributed by atoms with Crippen LogP contribution in [0.4, 0.5) is 0 Å². The van der Waals surface area contributed by atoms with E-state index in [2.05, 4.69) is 216 Å². The molecule has 0 saturated carbocycles. The van der Waals surface area contributed by atoms with Crippen LogP contribution in [0.1, 0.15) is 47.6 Å². The first-order valence-corrected chi connectivity index (χ1v) is 19.3. The third kappa shape index (κ3) is 5.24. The summed E-state index contributed by atoms with van der Waals surface area (Å²) in [6.45, 7) is 4.46. The Hall–Kier alpha value is -6.35. The van der Waals surface area contributed by atoms with Gasteiger partial charge in [0.1, 0.15) is 11.5 Å². The second-order valence-corrected chi connectivity index (χ2v) is 15.1. The fourth-order valence-electron chi connectivity index (χ4n) is 9.14. The molecule has 1 aliphatic carbocycles. The van der Waals surface area contributed by atoms with Gasteiger partial charge in [0.2, 0.25) is 0 Å². The van der Waals surface area contributed by atoms with Crippen molar-refractivity contribution in [1.29, 1.82) is 0 Å². The third-order valence-electron chi connectivity index (χ3n) is 11.7. The Morgan fingerprint density at radius 3 is 1.93 bits per heavy atom. The summed E-state index contributed by atoms with van der Waals surface area (Å²) in [7, 11) is 0. The molecule has 0 radical (unpaired) electrons. The van der Waals surface area contributed by atoms with Crippen LogP contribution in [0.25, 0.3) is 61.2 Å². The van der Waals surface area contributed by atoms with E-state index in [-0.39, 0.29) is 21.1 Å². The van der Waals surface area contributed by atoms with Crippen molar-refractivity contribution in [3.63, 3.8) is 0 Å². The van der Waals surface area contributed by atoms with E-state index in [0.29, 0.717) is 5.92 Å². The zero-order valence-electron chi connectivity index (χ0n) is 31.5. The van der Waals surface area contributed by atoms with Crippen molar-refractivity contribution in [2.24, 2.45) is 0 Å².